The molecule has 8 amide bonds. The fraction of sp³-hybridized carbons (Fsp3) is 0.420. The van der Waals surface area contributed by atoms with Crippen LogP contribution in [0.25, 0.3) is 11.1 Å². The van der Waals surface area contributed by atoms with E-state index >= 15 is 33.6 Å². The molecule has 18 unspecified atom stereocenters. The molecule has 0 radical (unpaired) electrons. The van der Waals surface area contributed by atoms with Gasteiger partial charge in [-0.25, -0.2) is 4.79 Å². The number of carboxylic acid groups (broad SMARTS) is 1. The normalized spacial score (nSPS) is 25.9. The summed E-state index contributed by atoms with van der Waals surface area (Å²) in [6.07, 6.45) is -16.9. The maximum atomic E-state index is 16.8. The van der Waals surface area contributed by atoms with E-state index in [1.165, 1.54) is 47.4 Å². The Kier molecular flexibility index (Phi) is 29.4. The summed E-state index contributed by atoms with van der Waals surface area (Å²) in [6, 6.07) is 5.86. The van der Waals surface area contributed by atoms with Gasteiger partial charge in [0.1, 0.15) is 131 Å². The molecule has 8 aliphatic heterocycles. The number of phenolic OH excluding ortho intramolecular Hbond substituents is 4. The van der Waals surface area contributed by atoms with Crippen molar-refractivity contribution in [2.24, 2.45) is 5.92 Å². The molecular formula is C88H100Cl2N10O28. The number of halogens is 2. The zero-order valence-corrected chi connectivity index (χ0v) is 71.5. The predicted molar refractivity (Wildman–Crippen MR) is 452 cm³/mol. The molecule has 15 rings (SSSR count). The van der Waals surface area contributed by atoms with Crippen LogP contribution in [0.2, 0.25) is 10.0 Å². The Labute approximate surface area is 742 Å². The summed E-state index contributed by atoms with van der Waals surface area (Å²) in [6.45, 7) is 3.56. The van der Waals surface area contributed by atoms with Gasteiger partial charge < -0.3 is 142 Å². The highest BCUT2D eigenvalue weighted by Gasteiger charge is 2.52. The molecule has 38 nitrogen and oxygen atoms in total. The van der Waals surface area contributed by atoms with Crippen LogP contribution >= 0.6 is 23.2 Å². The van der Waals surface area contributed by atoms with E-state index in [0.717, 1.165) is 98.5 Å². The van der Waals surface area contributed by atoms with Gasteiger partial charge in [-0.15, -0.1) is 0 Å². The number of amides is 8. The van der Waals surface area contributed by atoms with E-state index in [0.29, 0.717) is 30.9 Å². The van der Waals surface area contributed by atoms with Gasteiger partial charge in [-0.2, -0.15) is 0 Å². The first-order chi connectivity index (χ1) is 60.9. The number of hydrogen-bond donors (Lipinski definition) is 20. The first kappa shape index (κ1) is 93.7. The maximum absolute atomic E-state index is 16.8. The van der Waals surface area contributed by atoms with Crippen molar-refractivity contribution in [3.05, 3.63) is 164 Å². The number of fused-ring (bicyclic) bond motifs is 14. The van der Waals surface area contributed by atoms with E-state index in [9.17, 15) is 70.9 Å². The number of nitrogens with zero attached hydrogens (tertiary/aromatic N) is 2. The summed E-state index contributed by atoms with van der Waals surface area (Å²) in [5.41, 5.74) is -2.63. The summed E-state index contributed by atoms with van der Waals surface area (Å²) in [5, 5.41) is 158. The largest absolute Gasteiger partial charge is 0.508 e. The highest BCUT2D eigenvalue weighted by molar-refractivity contribution is 6.33. The molecule has 7 aromatic rings. The number of phenols is 4. The van der Waals surface area contributed by atoms with Gasteiger partial charge in [-0.3, -0.25) is 43.3 Å². The lowest BCUT2D eigenvalue weighted by Gasteiger charge is -2.41. The van der Waals surface area contributed by atoms with Gasteiger partial charge in [0.05, 0.1) is 16.7 Å². The van der Waals surface area contributed by atoms with Crippen LogP contribution in [0, 0.1) is 5.92 Å². The van der Waals surface area contributed by atoms with Crippen molar-refractivity contribution in [1.29, 1.82) is 0 Å². The van der Waals surface area contributed by atoms with Gasteiger partial charge in [0, 0.05) is 48.2 Å². The number of rotatable bonds is 21. The van der Waals surface area contributed by atoms with Crippen LogP contribution in [0.4, 0.5) is 0 Å². The quantitative estimate of drug-likeness (QED) is 0.0450. The lowest BCUT2D eigenvalue weighted by molar-refractivity contribution is -0.277. The molecule has 7 aromatic carbocycles. The molecule has 0 saturated carbocycles. The first-order valence-electron chi connectivity index (χ1n) is 41.4. The number of ether oxygens (including phenoxy) is 7. The molecule has 0 spiro atoms. The predicted octanol–water partition coefficient (Wildman–Crippen LogP) is 4.12. The second kappa shape index (κ2) is 40.2. The summed E-state index contributed by atoms with van der Waals surface area (Å²) in [4.78, 5) is 142. The summed E-state index contributed by atoms with van der Waals surface area (Å²) in [7, 11) is 6.63. The standard InChI is InChI=1S/C88H100Cl2N10O28/c1-38(2)13-10-8-7-9-11-14-61(106)93-69-73(109)75(111)78(86(120)121)128-87(69)127-77-58-31-43-32-59(77)124-55-24-19-42(29-50(55)89)71(107)68-84(118)97-66(80(114)91-25-12-26-99(3)4)48-33-44(102)34-57(125-88-76(112)74(110)72(108)60(37-101)126-88)62(48)47-28-40(17-22-52(47)103)64(81(115)98-68)94-82(116)65(43)95-83(117)67-49-35-46(36-54(105)63(49)90)123-56-30-41(18-23-53(56)104)70(100(5)6)85(119)92-51(79(113)96-67)27-39-15-20-45(122-58)21-16-39/h15-24,28-36,38,51,60,64-76,78,87-88,101-105,107-112H,7-14,25-27,37H2,1-6H3,(H,91,114)(H,92,119)(H,93,106)(H,94,116)(H,95,117)(H,96,113)(H,97,118)(H,98,115)(H,120,121). The number of aliphatic hydroxyl groups is 7. The van der Waals surface area contributed by atoms with Crippen molar-refractivity contribution in [2.75, 3.05) is 47.9 Å². The number of benzene rings is 7. The number of hydrogen-bond acceptors (Lipinski definition) is 29. The average Bonchev–Trinajstić information content (AvgIpc) is 0.754. The molecular weight excluding hydrogens is 1720 g/mol. The molecule has 2 saturated heterocycles. The molecule has 8 heterocycles. The second-order valence-electron chi connectivity index (χ2n) is 33.0. The first-order valence-corrected chi connectivity index (χ1v) is 42.1. The third-order valence-corrected chi connectivity index (χ3v) is 23.4. The number of likely N-dealkylation sites (N-methyl/N-ethyl adjacent to an activating group) is 1. The minimum absolute atomic E-state index is 0.0943. The van der Waals surface area contributed by atoms with E-state index in [-0.39, 0.29) is 47.8 Å². The fourth-order valence-electron chi connectivity index (χ4n) is 16.0. The zero-order valence-electron chi connectivity index (χ0n) is 70.0. The molecule has 18 atom stereocenters. The number of unbranched alkanes of at least 4 members (excludes halogenated alkanes) is 4. The number of carbonyl (C=O) groups excluding carboxylic acids is 8. The molecule has 128 heavy (non-hydrogen) atoms. The minimum atomic E-state index is -2.45. The number of nitrogens with one attached hydrogen (secondary N) is 8. The summed E-state index contributed by atoms with van der Waals surface area (Å²) < 4.78 is 44.5. The highest BCUT2D eigenvalue weighted by atomic mass is 35.5. The third kappa shape index (κ3) is 20.9. The molecule has 17 bridgehead atoms. The Morgan fingerprint density at radius 2 is 1.20 bits per heavy atom. The van der Waals surface area contributed by atoms with E-state index in [2.05, 4.69) is 56.4 Å². The van der Waals surface area contributed by atoms with Crippen LogP contribution in [0.3, 0.4) is 0 Å². The van der Waals surface area contributed by atoms with Crippen molar-refractivity contribution >= 4 is 76.4 Å². The summed E-state index contributed by atoms with van der Waals surface area (Å²) >= 11 is 14.3. The van der Waals surface area contributed by atoms with E-state index in [1.807, 2.05) is 0 Å². The Balaban J connectivity index is 1.05. The van der Waals surface area contributed by atoms with Crippen molar-refractivity contribution in [3.8, 4) is 80.1 Å². The number of carbonyl (C=O) groups is 9. The van der Waals surface area contributed by atoms with E-state index < -0.39 is 271 Å². The maximum Gasteiger partial charge on any atom is 0.335 e. The zero-order chi connectivity index (χ0) is 92.1. The van der Waals surface area contributed by atoms with Gasteiger partial charge in [0.2, 0.25) is 65.6 Å². The van der Waals surface area contributed by atoms with Crippen LogP contribution in [0.1, 0.15) is 140 Å². The SMILES string of the molecule is CC(C)CCCCCCCC(=O)NC1C(Oc2c3cc4cc2Oc2ccc(cc2Cl)C(O)C2NC(=O)C(NC(=O)C4NC(=O)C4NC(=O)C(Cc5ccc(cc5)O3)NC(=O)C(N(C)C)c3ccc(O)c(c3)Oc3cc(O)c(Cl)c4c3)c3ccc(O)c(c3)-c3c(OC4OC(CO)C(O)C(O)C4O)cc(O)cc3C(C(=O)NCCCN(C)C)NC2=O)OC(C(=O)O)C(O)C1O. The molecule has 8 aliphatic rings. The van der Waals surface area contributed by atoms with Crippen LogP contribution < -0.4 is 66.2 Å². The molecule has 0 aliphatic carbocycles. The number of carboxylic acids is 1. The van der Waals surface area contributed by atoms with Gasteiger partial charge in [0.15, 0.2) is 29.1 Å². The van der Waals surface area contributed by atoms with Crippen molar-refractivity contribution in [1.82, 2.24) is 52.3 Å². The van der Waals surface area contributed by atoms with E-state index in [1.54, 1.807) is 33.1 Å². The van der Waals surface area contributed by atoms with E-state index in [4.69, 9.17) is 56.4 Å². The van der Waals surface area contributed by atoms with Crippen molar-refractivity contribution in [3.63, 3.8) is 0 Å². The van der Waals surface area contributed by atoms with Crippen molar-refractivity contribution < 1.29 is 138 Å². The third-order valence-electron chi connectivity index (χ3n) is 22.7. The van der Waals surface area contributed by atoms with Gasteiger partial charge in [-0.1, -0.05) is 99.5 Å². The fourth-order valence-corrected chi connectivity index (χ4v) is 16.4. The van der Waals surface area contributed by atoms with Crippen molar-refractivity contribution in [2.45, 2.75) is 181 Å². The summed E-state index contributed by atoms with van der Waals surface area (Å²) in [5.74, 6) is -17.4. The minimum Gasteiger partial charge on any atom is -0.508 e. The van der Waals surface area contributed by atoms with Crippen LogP contribution in [-0.2, 0) is 59.0 Å². The lowest BCUT2D eigenvalue weighted by atomic mass is 9.89. The Morgan fingerprint density at radius 1 is 0.555 bits per heavy atom. The second-order valence-corrected chi connectivity index (χ2v) is 33.8. The van der Waals surface area contributed by atoms with Gasteiger partial charge >= 0.3 is 5.97 Å². The number of aliphatic carboxylic acids is 1. The van der Waals surface area contributed by atoms with Gasteiger partial charge in [0.25, 0.3) is 0 Å². The molecule has 40 heteroatoms. The lowest BCUT2D eigenvalue weighted by Crippen LogP contribution is -2.66. The number of aromatic hydroxyl groups is 4. The Morgan fingerprint density at radius 3 is 1.90 bits per heavy atom. The average molecular weight is 1820 g/mol. The van der Waals surface area contributed by atoms with Crippen LogP contribution in [0.5, 0.6) is 69.0 Å². The molecule has 2 fully saturated rings. The Bertz CT molecular complexity index is 5360. The monoisotopic (exact) mass is 1810 g/mol. The smallest absolute Gasteiger partial charge is 0.335 e. The molecule has 0 aromatic heterocycles. The highest BCUT2D eigenvalue weighted by Crippen LogP contribution is 2.51. The topological polar surface area (TPSA) is 564 Å². The van der Waals surface area contributed by atoms with Gasteiger partial charge in [-0.05, 0) is 160 Å². The molecule has 684 valence electrons. The van der Waals surface area contributed by atoms with Crippen LogP contribution in [-0.4, -0.2) is 246 Å². The Hall–Kier alpha value is -11.9. The molecule has 20 N–H and O–H groups in total. The number of aliphatic hydroxyl groups excluding tert-OH is 7. The van der Waals surface area contributed by atoms with Crippen LogP contribution in [0.15, 0.2) is 115 Å².